The minimum atomic E-state index is -1.01. The molecule has 0 radical (unpaired) electrons. The summed E-state index contributed by atoms with van der Waals surface area (Å²) >= 11 is 0. The quantitative estimate of drug-likeness (QED) is 0.470. The maximum atomic E-state index is 12.9. The molecule has 6 heteroatoms. The fourth-order valence-electron chi connectivity index (χ4n) is 3.86. The lowest BCUT2D eigenvalue weighted by molar-refractivity contribution is -0.155. The average Bonchev–Trinajstić information content (AvgIpc) is 3.21. The van der Waals surface area contributed by atoms with Gasteiger partial charge in [0.2, 0.25) is 11.8 Å². The highest BCUT2D eigenvalue weighted by molar-refractivity contribution is 6.07. The summed E-state index contributed by atoms with van der Waals surface area (Å²) in [6.45, 7) is 1.51. The van der Waals surface area contributed by atoms with Gasteiger partial charge < -0.3 is 9.47 Å². The Morgan fingerprint density at radius 1 is 1.25 bits per heavy atom. The molecule has 4 atom stereocenters. The Balaban J connectivity index is 1.61. The number of amides is 2. The lowest BCUT2D eigenvalue weighted by Crippen LogP contribution is -2.44. The highest BCUT2D eigenvalue weighted by Crippen LogP contribution is 2.52. The molecular weight excluding hydrogens is 310 g/mol. The Morgan fingerprint density at radius 2 is 2.00 bits per heavy atom. The van der Waals surface area contributed by atoms with Gasteiger partial charge in [-0.05, 0) is 11.6 Å². The number of benzene rings is 1. The van der Waals surface area contributed by atoms with Gasteiger partial charge >= 0.3 is 5.97 Å². The van der Waals surface area contributed by atoms with Crippen molar-refractivity contribution in [3.05, 3.63) is 48.0 Å². The van der Waals surface area contributed by atoms with E-state index in [1.807, 2.05) is 30.3 Å². The van der Waals surface area contributed by atoms with Gasteiger partial charge in [-0.1, -0.05) is 36.4 Å². The summed E-state index contributed by atoms with van der Waals surface area (Å²) in [6, 6.07) is 9.40. The number of hydrogen-bond acceptors (Lipinski definition) is 5. The molecule has 0 N–H and O–H groups in total. The van der Waals surface area contributed by atoms with Crippen molar-refractivity contribution < 1.29 is 23.9 Å². The summed E-state index contributed by atoms with van der Waals surface area (Å²) in [4.78, 5) is 38.1. The Morgan fingerprint density at radius 3 is 2.71 bits per heavy atom. The van der Waals surface area contributed by atoms with E-state index >= 15 is 0 Å². The third-order valence-corrected chi connectivity index (χ3v) is 4.93. The zero-order valence-electron chi connectivity index (χ0n) is 13.2. The van der Waals surface area contributed by atoms with Crippen LogP contribution in [0.25, 0.3) is 0 Å². The predicted octanol–water partition coefficient (Wildman–Crippen LogP) is 1.06. The summed E-state index contributed by atoms with van der Waals surface area (Å²) < 4.78 is 11.0. The molecule has 0 aromatic heterocycles. The third-order valence-electron chi connectivity index (χ3n) is 4.93. The number of rotatable bonds is 4. The van der Waals surface area contributed by atoms with E-state index in [0.717, 1.165) is 5.56 Å². The van der Waals surface area contributed by atoms with Gasteiger partial charge in [-0.3, -0.25) is 19.3 Å². The van der Waals surface area contributed by atoms with Crippen LogP contribution in [0.3, 0.4) is 0 Å². The van der Waals surface area contributed by atoms with Crippen molar-refractivity contribution in [2.45, 2.75) is 25.2 Å². The number of nitrogens with zero attached hydrogens (tertiary/aromatic N) is 1. The van der Waals surface area contributed by atoms with Gasteiger partial charge in [0, 0.05) is 6.92 Å². The van der Waals surface area contributed by atoms with Gasteiger partial charge in [0.1, 0.15) is 12.2 Å². The number of imide groups is 1. The number of carbonyl (C=O) groups is 3. The number of likely N-dealkylation sites (tertiary alicyclic amines) is 1. The van der Waals surface area contributed by atoms with E-state index in [4.69, 9.17) is 9.47 Å². The third kappa shape index (κ3) is 2.10. The van der Waals surface area contributed by atoms with Crippen LogP contribution in [0.5, 0.6) is 0 Å². The van der Waals surface area contributed by atoms with E-state index in [9.17, 15) is 14.4 Å². The van der Waals surface area contributed by atoms with Gasteiger partial charge in [-0.2, -0.15) is 0 Å². The Bertz CT molecular complexity index is 743. The summed E-state index contributed by atoms with van der Waals surface area (Å²) in [7, 11) is 0. The first-order valence-corrected chi connectivity index (χ1v) is 7.91. The molecule has 124 valence electrons. The molecule has 2 saturated heterocycles. The van der Waals surface area contributed by atoms with E-state index in [-0.39, 0.29) is 25.0 Å². The van der Waals surface area contributed by atoms with Crippen molar-refractivity contribution in [3.63, 3.8) is 0 Å². The van der Waals surface area contributed by atoms with Crippen LogP contribution in [0.2, 0.25) is 0 Å². The van der Waals surface area contributed by atoms with E-state index in [1.54, 1.807) is 12.2 Å². The number of carbonyl (C=O) groups excluding carboxylic acids is 3. The van der Waals surface area contributed by atoms with E-state index in [2.05, 4.69) is 0 Å². The van der Waals surface area contributed by atoms with Crippen molar-refractivity contribution in [1.29, 1.82) is 0 Å². The Hall–Kier alpha value is -2.47. The molecule has 24 heavy (non-hydrogen) atoms. The van der Waals surface area contributed by atoms with Crippen LogP contribution >= 0.6 is 0 Å². The highest BCUT2D eigenvalue weighted by Gasteiger charge is 2.67. The summed E-state index contributed by atoms with van der Waals surface area (Å²) in [5.74, 6) is -2.06. The van der Waals surface area contributed by atoms with E-state index < -0.39 is 29.5 Å². The second-order valence-electron chi connectivity index (χ2n) is 6.43. The first kappa shape index (κ1) is 15.1. The molecule has 1 aromatic rings. The van der Waals surface area contributed by atoms with Gasteiger partial charge in [0.25, 0.3) is 0 Å². The standard InChI is InChI=1S/C18H17NO5/c1-11(20)23-10-18-8-7-13(24-18)14-15(18)17(22)19(16(14)21)9-12-5-3-2-4-6-12/h2-8,13-15H,9-10H2,1H3/t13-,14-,15-,18-/m1/s1. The minimum Gasteiger partial charge on any atom is -0.462 e. The SMILES string of the molecule is CC(=O)OC[C@@]12C=C[C@@H](O1)[C@H]1C(=O)N(Cc3ccccc3)C(=O)[C@@H]12. The van der Waals surface area contributed by atoms with Crippen LogP contribution in [-0.4, -0.2) is 41.0 Å². The number of esters is 1. The highest BCUT2D eigenvalue weighted by atomic mass is 16.6. The molecule has 3 aliphatic heterocycles. The molecule has 3 aliphatic rings. The average molecular weight is 327 g/mol. The monoisotopic (exact) mass is 327 g/mol. The lowest BCUT2D eigenvalue weighted by Gasteiger charge is -2.28. The molecule has 0 saturated carbocycles. The second kappa shape index (κ2) is 5.27. The topological polar surface area (TPSA) is 72.9 Å². The van der Waals surface area contributed by atoms with Gasteiger partial charge in [-0.25, -0.2) is 0 Å². The van der Waals surface area contributed by atoms with Crippen LogP contribution < -0.4 is 0 Å². The molecule has 3 heterocycles. The van der Waals surface area contributed by atoms with Crippen molar-refractivity contribution in [3.8, 4) is 0 Å². The van der Waals surface area contributed by atoms with Crippen molar-refractivity contribution in [1.82, 2.24) is 4.90 Å². The lowest BCUT2D eigenvalue weighted by atomic mass is 9.77. The molecule has 4 rings (SSSR count). The smallest absolute Gasteiger partial charge is 0.302 e. The Labute approximate surface area is 139 Å². The first-order valence-electron chi connectivity index (χ1n) is 7.91. The summed E-state index contributed by atoms with van der Waals surface area (Å²) in [5.41, 5.74) is -0.117. The molecule has 0 spiro atoms. The van der Waals surface area contributed by atoms with E-state index in [0.29, 0.717) is 0 Å². The fourth-order valence-corrected chi connectivity index (χ4v) is 3.86. The summed E-state index contributed by atoms with van der Waals surface area (Å²) in [5, 5.41) is 0. The molecule has 2 bridgehead atoms. The van der Waals surface area contributed by atoms with Crippen molar-refractivity contribution in [2.75, 3.05) is 6.61 Å². The summed E-state index contributed by atoms with van der Waals surface area (Å²) in [6.07, 6.45) is 3.13. The fraction of sp³-hybridized carbons (Fsp3) is 0.389. The van der Waals surface area contributed by atoms with Crippen molar-refractivity contribution >= 4 is 17.8 Å². The van der Waals surface area contributed by atoms with Crippen LogP contribution in [0.15, 0.2) is 42.5 Å². The molecule has 0 unspecified atom stereocenters. The minimum absolute atomic E-state index is 0.0469. The van der Waals surface area contributed by atoms with Crippen LogP contribution in [0.4, 0.5) is 0 Å². The maximum Gasteiger partial charge on any atom is 0.302 e. The number of fused-ring (bicyclic) bond motifs is 5. The first-order chi connectivity index (χ1) is 11.5. The molecular formula is C18H17NO5. The van der Waals surface area contributed by atoms with Crippen LogP contribution in [-0.2, 0) is 30.4 Å². The molecule has 0 aliphatic carbocycles. The predicted molar refractivity (Wildman–Crippen MR) is 82.4 cm³/mol. The largest absolute Gasteiger partial charge is 0.462 e. The molecule has 2 amide bonds. The number of ether oxygens (including phenoxy) is 2. The van der Waals surface area contributed by atoms with E-state index in [1.165, 1.54) is 11.8 Å². The van der Waals surface area contributed by atoms with Gasteiger partial charge in [0.15, 0.2) is 0 Å². The normalized spacial score (nSPS) is 33.2. The zero-order chi connectivity index (χ0) is 16.9. The molecule has 6 nitrogen and oxygen atoms in total. The second-order valence-corrected chi connectivity index (χ2v) is 6.43. The molecule has 2 fully saturated rings. The molecule has 1 aromatic carbocycles. The van der Waals surface area contributed by atoms with Gasteiger partial charge in [-0.15, -0.1) is 0 Å². The van der Waals surface area contributed by atoms with Crippen LogP contribution in [0, 0.1) is 11.8 Å². The maximum absolute atomic E-state index is 12.9. The Kier molecular flexibility index (Phi) is 3.31. The van der Waals surface area contributed by atoms with Crippen molar-refractivity contribution in [2.24, 2.45) is 11.8 Å². The number of hydrogen-bond donors (Lipinski definition) is 0. The van der Waals surface area contributed by atoms with Gasteiger partial charge in [0.05, 0.1) is 24.5 Å². The zero-order valence-corrected chi connectivity index (χ0v) is 13.2. The van der Waals surface area contributed by atoms with Crippen LogP contribution in [0.1, 0.15) is 12.5 Å².